The summed E-state index contributed by atoms with van der Waals surface area (Å²) in [5.41, 5.74) is 1.68. The van der Waals surface area contributed by atoms with Crippen molar-refractivity contribution in [3.05, 3.63) is 35.4 Å². The molecule has 0 amide bonds. The van der Waals surface area contributed by atoms with E-state index in [1.807, 2.05) is 5.38 Å². The highest BCUT2D eigenvalue weighted by atomic mass is 32.1. The third kappa shape index (κ3) is 2.55. The number of pyridine rings is 1. The van der Waals surface area contributed by atoms with Gasteiger partial charge in [0.15, 0.2) is 0 Å². The Morgan fingerprint density at radius 1 is 1.43 bits per heavy atom. The van der Waals surface area contributed by atoms with Crippen LogP contribution < -0.4 is 0 Å². The van der Waals surface area contributed by atoms with E-state index in [0.717, 1.165) is 31.2 Å². The smallest absolute Gasteiger partial charge is 0.307 e. The number of thiazole rings is 1. The second-order valence-corrected chi connectivity index (χ2v) is 7.87. The molecule has 0 aromatic carbocycles. The first kappa shape index (κ1) is 14.8. The number of hydrogen-bond donors (Lipinski definition) is 1. The molecule has 2 aliphatic carbocycles. The number of carbonyl (C=O) groups is 1. The van der Waals surface area contributed by atoms with Gasteiger partial charge in [-0.15, -0.1) is 11.3 Å². The average Bonchev–Trinajstić information content (AvgIpc) is 2.94. The minimum absolute atomic E-state index is 0.0420. The summed E-state index contributed by atoms with van der Waals surface area (Å²) in [6.07, 6.45) is 5.48. The maximum atomic E-state index is 13.3. The Labute approximate surface area is 137 Å². The number of aliphatic carboxylic acids is 1. The SMILES string of the molecule is CC12CC1C[C@@H](c1csc(-c3cncc(F)c3)n1)[C@H](C(=O)O)C2. The summed E-state index contributed by atoms with van der Waals surface area (Å²) < 4.78 is 13.3. The molecule has 0 saturated heterocycles. The van der Waals surface area contributed by atoms with Gasteiger partial charge in [-0.3, -0.25) is 9.78 Å². The molecule has 0 bridgehead atoms. The van der Waals surface area contributed by atoms with Gasteiger partial charge in [0.1, 0.15) is 10.8 Å². The minimum atomic E-state index is -0.733. The molecule has 2 unspecified atom stereocenters. The van der Waals surface area contributed by atoms with Gasteiger partial charge in [-0.2, -0.15) is 0 Å². The maximum absolute atomic E-state index is 13.3. The Kier molecular flexibility index (Phi) is 3.27. The van der Waals surface area contributed by atoms with Crippen molar-refractivity contribution in [2.24, 2.45) is 17.3 Å². The summed E-state index contributed by atoms with van der Waals surface area (Å²) in [4.78, 5) is 20.1. The molecule has 2 saturated carbocycles. The third-order valence-electron chi connectivity index (χ3n) is 5.42. The number of carboxylic acid groups (broad SMARTS) is 1. The van der Waals surface area contributed by atoms with Crippen LogP contribution in [0, 0.1) is 23.1 Å². The number of rotatable bonds is 3. The lowest BCUT2D eigenvalue weighted by Gasteiger charge is -2.30. The zero-order valence-corrected chi connectivity index (χ0v) is 13.5. The van der Waals surface area contributed by atoms with Crippen LogP contribution in [-0.4, -0.2) is 21.0 Å². The molecule has 0 spiro atoms. The van der Waals surface area contributed by atoms with Crippen LogP contribution in [0.2, 0.25) is 0 Å². The molecule has 4 atom stereocenters. The molecule has 2 aromatic heterocycles. The summed E-state index contributed by atoms with van der Waals surface area (Å²) in [6.45, 7) is 2.19. The molecule has 4 nitrogen and oxygen atoms in total. The van der Waals surface area contributed by atoms with Crippen LogP contribution in [-0.2, 0) is 4.79 Å². The highest BCUT2D eigenvalue weighted by molar-refractivity contribution is 7.13. The fourth-order valence-corrected chi connectivity index (χ4v) is 4.81. The molecule has 6 heteroatoms. The van der Waals surface area contributed by atoms with Crippen molar-refractivity contribution >= 4 is 17.3 Å². The fraction of sp³-hybridized carbons (Fsp3) is 0.471. The molecule has 120 valence electrons. The summed E-state index contributed by atoms with van der Waals surface area (Å²) in [6, 6.07) is 1.41. The van der Waals surface area contributed by atoms with E-state index in [4.69, 9.17) is 0 Å². The van der Waals surface area contributed by atoms with Gasteiger partial charge < -0.3 is 5.11 Å². The van der Waals surface area contributed by atoms with Crippen molar-refractivity contribution in [2.75, 3.05) is 0 Å². The summed E-state index contributed by atoms with van der Waals surface area (Å²) in [7, 11) is 0. The van der Waals surface area contributed by atoms with Gasteiger partial charge in [0.05, 0.1) is 17.8 Å². The van der Waals surface area contributed by atoms with E-state index in [1.165, 1.54) is 17.4 Å². The number of carboxylic acids is 1. The van der Waals surface area contributed by atoms with Gasteiger partial charge in [-0.25, -0.2) is 9.37 Å². The van der Waals surface area contributed by atoms with Gasteiger partial charge in [-0.1, -0.05) is 6.92 Å². The van der Waals surface area contributed by atoms with Crippen LogP contribution in [0.15, 0.2) is 23.8 Å². The van der Waals surface area contributed by atoms with Crippen molar-refractivity contribution in [1.82, 2.24) is 9.97 Å². The van der Waals surface area contributed by atoms with Gasteiger partial charge in [0.25, 0.3) is 0 Å². The molecule has 2 fully saturated rings. The topological polar surface area (TPSA) is 63.1 Å². The third-order valence-corrected chi connectivity index (χ3v) is 6.33. The Morgan fingerprint density at radius 2 is 2.26 bits per heavy atom. The zero-order valence-electron chi connectivity index (χ0n) is 12.7. The van der Waals surface area contributed by atoms with E-state index in [1.54, 1.807) is 6.20 Å². The van der Waals surface area contributed by atoms with E-state index in [9.17, 15) is 14.3 Å². The lowest BCUT2D eigenvalue weighted by atomic mass is 9.73. The van der Waals surface area contributed by atoms with Crippen LogP contribution in [0.3, 0.4) is 0 Å². The summed E-state index contributed by atoms with van der Waals surface area (Å²) in [5.74, 6) is -0.930. The highest BCUT2D eigenvalue weighted by Crippen LogP contribution is 2.65. The lowest BCUT2D eigenvalue weighted by molar-refractivity contribution is -0.144. The Balaban J connectivity index is 1.64. The number of hydrogen-bond acceptors (Lipinski definition) is 4. The van der Waals surface area contributed by atoms with Crippen molar-refractivity contribution < 1.29 is 14.3 Å². The molecule has 2 aliphatic rings. The summed E-state index contributed by atoms with van der Waals surface area (Å²) >= 11 is 1.42. The molecule has 0 radical (unpaired) electrons. The second-order valence-electron chi connectivity index (χ2n) is 7.02. The largest absolute Gasteiger partial charge is 0.481 e. The van der Waals surface area contributed by atoms with Crippen molar-refractivity contribution in [1.29, 1.82) is 0 Å². The first-order valence-corrected chi connectivity index (χ1v) is 8.63. The van der Waals surface area contributed by atoms with E-state index in [2.05, 4.69) is 16.9 Å². The maximum Gasteiger partial charge on any atom is 0.307 e. The van der Waals surface area contributed by atoms with Crippen LogP contribution in [0.4, 0.5) is 4.39 Å². The van der Waals surface area contributed by atoms with Crippen LogP contribution in [0.1, 0.15) is 37.8 Å². The number of halogens is 1. The molecule has 23 heavy (non-hydrogen) atoms. The van der Waals surface area contributed by atoms with Gasteiger partial charge >= 0.3 is 5.97 Å². The second kappa shape index (κ2) is 5.09. The Bertz CT molecular complexity index is 777. The van der Waals surface area contributed by atoms with Crippen molar-refractivity contribution in [2.45, 2.75) is 32.1 Å². The predicted octanol–water partition coefficient (Wildman–Crippen LogP) is 3.95. The van der Waals surface area contributed by atoms with Crippen LogP contribution in [0.5, 0.6) is 0 Å². The standard InChI is InChI=1S/C17H17FN2O2S/c1-17-4-10(17)3-12(13(5-17)16(21)22)14-8-23-15(20-14)9-2-11(18)7-19-6-9/h2,6-8,10,12-13H,3-5H2,1H3,(H,21,22)/t10?,12-,13-,17?/m1/s1. The van der Waals surface area contributed by atoms with E-state index in [0.29, 0.717) is 16.5 Å². The van der Waals surface area contributed by atoms with E-state index < -0.39 is 11.8 Å². The molecule has 2 aromatic rings. The molecule has 4 rings (SSSR count). The first-order valence-electron chi connectivity index (χ1n) is 7.75. The number of nitrogens with zero attached hydrogens (tertiary/aromatic N) is 2. The van der Waals surface area contributed by atoms with E-state index in [-0.39, 0.29) is 17.3 Å². The fourth-order valence-electron chi connectivity index (χ4n) is 3.94. The van der Waals surface area contributed by atoms with Crippen molar-refractivity contribution in [3.8, 4) is 10.6 Å². The first-order chi connectivity index (χ1) is 11.0. The Hall–Kier alpha value is -1.82. The lowest BCUT2D eigenvalue weighted by Crippen LogP contribution is -2.29. The average molecular weight is 332 g/mol. The molecule has 2 heterocycles. The van der Waals surface area contributed by atoms with Gasteiger partial charge in [-0.05, 0) is 36.7 Å². The van der Waals surface area contributed by atoms with Crippen LogP contribution >= 0.6 is 11.3 Å². The molecular weight excluding hydrogens is 315 g/mol. The van der Waals surface area contributed by atoms with Crippen molar-refractivity contribution in [3.63, 3.8) is 0 Å². The van der Waals surface area contributed by atoms with E-state index >= 15 is 0 Å². The predicted molar refractivity (Wildman–Crippen MR) is 84.6 cm³/mol. The highest BCUT2D eigenvalue weighted by Gasteiger charge is 2.58. The number of fused-ring (bicyclic) bond motifs is 1. The molecular formula is C17H17FN2O2S. The zero-order chi connectivity index (χ0) is 16.2. The van der Waals surface area contributed by atoms with Gasteiger partial charge in [0, 0.05) is 23.1 Å². The molecule has 0 aliphatic heterocycles. The normalized spacial score (nSPS) is 32.3. The molecule has 1 N–H and O–H groups in total. The van der Waals surface area contributed by atoms with Crippen LogP contribution in [0.25, 0.3) is 10.6 Å². The minimum Gasteiger partial charge on any atom is -0.481 e. The Morgan fingerprint density at radius 3 is 3.00 bits per heavy atom. The summed E-state index contributed by atoms with van der Waals surface area (Å²) in [5, 5.41) is 12.2. The van der Waals surface area contributed by atoms with Gasteiger partial charge in [0.2, 0.25) is 0 Å². The number of aromatic nitrogens is 2. The monoisotopic (exact) mass is 332 g/mol. The quantitative estimate of drug-likeness (QED) is 0.924.